The van der Waals surface area contributed by atoms with Crippen molar-refractivity contribution < 1.29 is 8.42 Å². The summed E-state index contributed by atoms with van der Waals surface area (Å²) in [6.45, 7) is 3.43. The second kappa shape index (κ2) is 6.35. The first-order chi connectivity index (χ1) is 8.99. The lowest BCUT2D eigenvalue weighted by Crippen LogP contribution is -2.42. The molecule has 0 spiro atoms. The maximum absolute atomic E-state index is 12.3. The highest BCUT2D eigenvalue weighted by Crippen LogP contribution is 2.20. The fourth-order valence-corrected chi connectivity index (χ4v) is 4.21. The molecule has 0 amide bonds. The van der Waals surface area contributed by atoms with E-state index in [2.05, 4.69) is 26.0 Å². The van der Waals surface area contributed by atoms with E-state index in [0.29, 0.717) is 12.8 Å². The van der Waals surface area contributed by atoms with Gasteiger partial charge < -0.3 is 5.32 Å². The SMILES string of the molecule is CC(NS(=O)(=O)C1CCNCC1)c1ccc(Br)cc1. The van der Waals surface area contributed by atoms with E-state index in [0.717, 1.165) is 23.1 Å². The van der Waals surface area contributed by atoms with Crippen LogP contribution >= 0.6 is 15.9 Å². The van der Waals surface area contributed by atoms with Crippen molar-refractivity contribution in [1.82, 2.24) is 10.0 Å². The molecule has 1 heterocycles. The molecule has 1 aromatic carbocycles. The molecule has 0 radical (unpaired) electrons. The second-order valence-electron chi connectivity index (χ2n) is 4.89. The van der Waals surface area contributed by atoms with E-state index < -0.39 is 10.0 Å². The van der Waals surface area contributed by atoms with Crippen LogP contribution in [-0.2, 0) is 10.0 Å². The van der Waals surface area contributed by atoms with Gasteiger partial charge in [-0.05, 0) is 50.6 Å². The van der Waals surface area contributed by atoms with Crippen LogP contribution in [-0.4, -0.2) is 26.8 Å². The van der Waals surface area contributed by atoms with E-state index >= 15 is 0 Å². The van der Waals surface area contributed by atoms with E-state index in [1.165, 1.54) is 0 Å². The molecule has 0 aromatic heterocycles. The van der Waals surface area contributed by atoms with E-state index in [9.17, 15) is 8.42 Å². The topological polar surface area (TPSA) is 58.2 Å². The Morgan fingerprint density at radius 3 is 2.42 bits per heavy atom. The summed E-state index contributed by atoms with van der Waals surface area (Å²) in [7, 11) is -3.24. The van der Waals surface area contributed by atoms with Gasteiger partial charge in [0.25, 0.3) is 0 Å². The summed E-state index contributed by atoms with van der Waals surface area (Å²) in [6, 6.07) is 7.50. The Morgan fingerprint density at radius 1 is 1.26 bits per heavy atom. The van der Waals surface area contributed by atoms with Crippen molar-refractivity contribution in [3.05, 3.63) is 34.3 Å². The summed E-state index contributed by atoms with van der Waals surface area (Å²) in [6.07, 6.45) is 1.37. The molecule has 2 N–H and O–H groups in total. The normalized spacial score (nSPS) is 19.3. The predicted molar refractivity (Wildman–Crippen MR) is 80.5 cm³/mol. The zero-order valence-corrected chi connectivity index (χ0v) is 13.3. The van der Waals surface area contributed by atoms with Gasteiger partial charge in [0.15, 0.2) is 0 Å². The van der Waals surface area contributed by atoms with Crippen molar-refractivity contribution in [2.75, 3.05) is 13.1 Å². The van der Waals surface area contributed by atoms with E-state index in [1.54, 1.807) is 0 Å². The van der Waals surface area contributed by atoms with Gasteiger partial charge in [-0.2, -0.15) is 0 Å². The van der Waals surface area contributed by atoms with Crippen LogP contribution in [0, 0.1) is 0 Å². The Kier molecular flexibility index (Phi) is 5.00. The van der Waals surface area contributed by atoms with Crippen molar-refractivity contribution in [1.29, 1.82) is 0 Å². The number of sulfonamides is 1. The molecule has 1 saturated heterocycles. The molecular weight excluding hydrogens is 328 g/mol. The Balaban J connectivity index is 2.04. The quantitative estimate of drug-likeness (QED) is 0.878. The van der Waals surface area contributed by atoms with Crippen LogP contribution in [0.25, 0.3) is 0 Å². The Morgan fingerprint density at radius 2 is 1.84 bits per heavy atom. The van der Waals surface area contributed by atoms with Gasteiger partial charge in [-0.25, -0.2) is 13.1 Å². The number of rotatable bonds is 4. The zero-order valence-electron chi connectivity index (χ0n) is 10.9. The summed E-state index contributed by atoms with van der Waals surface area (Å²) in [5, 5.41) is 2.91. The van der Waals surface area contributed by atoms with Gasteiger partial charge in [0.05, 0.1) is 5.25 Å². The highest BCUT2D eigenvalue weighted by atomic mass is 79.9. The first kappa shape index (κ1) is 15.0. The minimum absolute atomic E-state index is 0.201. The monoisotopic (exact) mass is 346 g/mol. The number of hydrogen-bond acceptors (Lipinski definition) is 3. The molecular formula is C13H19BrN2O2S. The minimum Gasteiger partial charge on any atom is -0.317 e. The average molecular weight is 347 g/mol. The first-order valence-corrected chi connectivity index (χ1v) is 8.80. The van der Waals surface area contributed by atoms with Crippen LogP contribution in [0.3, 0.4) is 0 Å². The molecule has 19 heavy (non-hydrogen) atoms. The van der Waals surface area contributed by atoms with Crippen molar-refractivity contribution >= 4 is 26.0 Å². The van der Waals surface area contributed by atoms with Crippen LogP contribution < -0.4 is 10.0 Å². The van der Waals surface area contributed by atoms with Gasteiger partial charge in [-0.1, -0.05) is 28.1 Å². The number of hydrogen-bond donors (Lipinski definition) is 2. The summed E-state index contributed by atoms with van der Waals surface area (Å²) < 4.78 is 28.4. The molecule has 2 rings (SSSR count). The molecule has 1 fully saturated rings. The molecule has 0 saturated carbocycles. The highest BCUT2D eigenvalue weighted by Gasteiger charge is 2.28. The van der Waals surface area contributed by atoms with Crippen LogP contribution in [0.15, 0.2) is 28.7 Å². The third-order valence-electron chi connectivity index (χ3n) is 3.44. The molecule has 4 nitrogen and oxygen atoms in total. The molecule has 1 aliphatic rings. The Hall–Kier alpha value is -0.430. The Bertz CT molecular complexity index is 510. The van der Waals surface area contributed by atoms with Gasteiger partial charge in [0, 0.05) is 10.5 Å². The fraction of sp³-hybridized carbons (Fsp3) is 0.538. The molecule has 1 unspecified atom stereocenters. The Labute approximate surface area is 123 Å². The standard InChI is InChI=1S/C13H19BrN2O2S/c1-10(11-2-4-12(14)5-3-11)16-19(17,18)13-6-8-15-9-7-13/h2-5,10,13,15-16H,6-9H2,1H3. The molecule has 1 aliphatic heterocycles. The van der Waals surface area contributed by atoms with Gasteiger partial charge in [-0.15, -0.1) is 0 Å². The van der Waals surface area contributed by atoms with E-state index in [4.69, 9.17) is 0 Å². The molecule has 0 bridgehead atoms. The van der Waals surface area contributed by atoms with Crippen LogP contribution in [0.5, 0.6) is 0 Å². The lowest BCUT2D eigenvalue weighted by Gasteiger charge is -2.25. The summed E-state index contributed by atoms with van der Waals surface area (Å²) in [4.78, 5) is 0. The molecule has 0 aliphatic carbocycles. The number of piperidine rings is 1. The van der Waals surface area contributed by atoms with Gasteiger partial charge in [0.2, 0.25) is 10.0 Å². The first-order valence-electron chi connectivity index (χ1n) is 6.46. The fourth-order valence-electron chi connectivity index (χ4n) is 2.27. The predicted octanol–water partition coefficient (Wildman–Crippen LogP) is 2.18. The average Bonchev–Trinajstić information content (AvgIpc) is 2.40. The lowest BCUT2D eigenvalue weighted by atomic mass is 10.1. The van der Waals surface area contributed by atoms with Crippen LogP contribution in [0.2, 0.25) is 0 Å². The lowest BCUT2D eigenvalue weighted by molar-refractivity contribution is 0.484. The summed E-state index contributed by atoms with van der Waals surface area (Å²) in [5.74, 6) is 0. The number of nitrogens with one attached hydrogen (secondary N) is 2. The van der Waals surface area contributed by atoms with Crippen molar-refractivity contribution in [3.8, 4) is 0 Å². The summed E-state index contributed by atoms with van der Waals surface area (Å²) in [5.41, 5.74) is 0.973. The number of benzene rings is 1. The molecule has 1 aromatic rings. The zero-order chi connectivity index (χ0) is 13.9. The van der Waals surface area contributed by atoms with E-state index in [1.807, 2.05) is 31.2 Å². The van der Waals surface area contributed by atoms with Crippen LogP contribution in [0.4, 0.5) is 0 Å². The second-order valence-corrected chi connectivity index (χ2v) is 7.79. The summed E-state index contributed by atoms with van der Waals surface area (Å²) >= 11 is 3.37. The van der Waals surface area contributed by atoms with Crippen molar-refractivity contribution in [2.24, 2.45) is 0 Å². The third-order valence-corrected chi connectivity index (χ3v) is 6.00. The van der Waals surface area contributed by atoms with Gasteiger partial charge in [-0.3, -0.25) is 0 Å². The van der Waals surface area contributed by atoms with Gasteiger partial charge >= 0.3 is 0 Å². The van der Waals surface area contributed by atoms with Crippen molar-refractivity contribution in [3.63, 3.8) is 0 Å². The van der Waals surface area contributed by atoms with Crippen molar-refractivity contribution in [2.45, 2.75) is 31.1 Å². The molecule has 1 atom stereocenters. The molecule has 106 valence electrons. The maximum atomic E-state index is 12.3. The largest absolute Gasteiger partial charge is 0.317 e. The van der Waals surface area contributed by atoms with Gasteiger partial charge in [0.1, 0.15) is 0 Å². The maximum Gasteiger partial charge on any atom is 0.215 e. The smallest absolute Gasteiger partial charge is 0.215 e. The minimum atomic E-state index is -3.24. The van der Waals surface area contributed by atoms with Crippen LogP contribution in [0.1, 0.15) is 31.4 Å². The molecule has 6 heteroatoms. The number of halogens is 1. The van der Waals surface area contributed by atoms with E-state index in [-0.39, 0.29) is 11.3 Å². The third kappa shape index (κ3) is 4.02. The highest BCUT2D eigenvalue weighted by molar-refractivity contribution is 9.10.